The summed E-state index contributed by atoms with van der Waals surface area (Å²) in [6.07, 6.45) is 6.23. The first-order chi connectivity index (χ1) is 8.76. The molecule has 1 fully saturated rings. The van der Waals surface area contributed by atoms with Crippen LogP contribution in [-0.4, -0.2) is 27.7 Å². The maximum absolute atomic E-state index is 4.59. The van der Waals surface area contributed by atoms with Crippen LogP contribution in [0.25, 0.3) is 0 Å². The molecule has 0 spiro atoms. The molecule has 1 N–H and O–H groups in total. The van der Waals surface area contributed by atoms with Gasteiger partial charge in [-0.25, -0.2) is 4.98 Å². The highest BCUT2D eigenvalue weighted by Crippen LogP contribution is 2.38. The van der Waals surface area contributed by atoms with Gasteiger partial charge < -0.3 is 5.32 Å². The molecule has 3 atom stereocenters. The molecule has 102 valence electrons. The Bertz CT molecular complexity index is 367. The first-order valence-electron chi connectivity index (χ1n) is 6.93. The molecular weight excluding hydrogens is 262 g/mol. The number of thioether (sulfide) groups is 1. The Hall–Kier alpha value is -0.130. The Balaban J connectivity index is 1.99. The van der Waals surface area contributed by atoms with Crippen LogP contribution in [0.1, 0.15) is 45.4 Å². The molecule has 0 bridgehead atoms. The predicted octanol–water partition coefficient (Wildman–Crippen LogP) is 3.36. The topological polar surface area (TPSA) is 37.8 Å². The highest BCUT2D eigenvalue weighted by atomic mass is 32.2. The molecule has 1 heterocycles. The van der Waals surface area contributed by atoms with E-state index in [1.54, 1.807) is 11.5 Å². The third-order valence-electron chi connectivity index (χ3n) is 3.87. The number of rotatable bonds is 5. The summed E-state index contributed by atoms with van der Waals surface area (Å²) in [4.78, 5) is 4.59. The SMILES string of the molecule is CCc1nsc(SC2CC(CC)CCC2NC)n1. The monoisotopic (exact) mass is 285 g/mol. The van der Waals surface area contributed by atoms with Crippen molar-refractivity contribution in [2.45, 2.75) is 61.6 Å². The van der Waals surface area contributed by atoms with Gasteiger partial charge in [0.2, 0.25) is 0 Å². The van der Waals surface area contributed by atoms with Gasteiger partial charge in [0, 0.05) is 17.7 Å². The van der Waals surface area contributed by atoms with Gasteiger partial charge in [-0.2, -0.15) is 4.37 Å². The van der Waals surface area contributed by atoms with Gasteiger partial charge in [0.1, 0.15) is 5.82 Å². The minimum absolute atomic E-state index is 0.631. The van der Waals surface area contributed by atoms with Crippen molar-refractivity contribution in [3.8, 4) is 0 Å². The predicted molar refractivity (Wildman–Crippen MR) is 79.4 cm³/mol. The van der Waals surface area contributed by atoms with Crippen LogP contribution in [0.4, 0.5) is 0 Å². The number of nitrogens with one attached hydrogen (secondary N) is 1. The van der Waals surface area contributed by atoms with Crippen LogP contribution in [0, 0.1) is 5.92 Å². The zero-order chi connectivity index (χ0) is 13.0. The van der Waals surface area contributed by atoms with E-state index in [0.29, 0.717) is 11.3 Å². The van der Waals surface area contributed by atoms with Gasteiger partial charge in [0.25, 0.3) is 0 Å². The fourth-order valence-electron chi connectivity index (χ4n) is 2.60. The average molecular weight is 285 g/mol. The molecule has 0 saturated heterocycles. The molecule has 0 aliphatic heterocycles. The second kappa shape index (κ2) is 6.87. The lowest BCUT2D eigenvalue weighted by atomic mass is 9.84. The van der Waals surface area contributed by atoms with Crippen molar-refractivity contribution in [1.29, 1.82) is 0 Å². The molecular formula is C13H23N3S2. The van der Waals surface area contributed by atoms with Crippen molar-refractivity contribution in [2.24, 2.45) is 5.92 Å². The minimum atomic E-state index is 0.631. The summed E-state index contributed by atoms with van der Waals surface area (Å²) in [6.45, 7) is 4.42. The Morgan fingerprint density at radius 3 is 2.83 bits per heavy atom. The highest BCUT2D eigenvalue weighted by Gasteiger charge is 2.30. The summed E-state index contributed by atoms with van der Waals surface area (Å²) in [5, 5.41) is 4.13. The Kier molecular flexibility index (Phi) is 5.45. The molecule has 3 nitrogen and oxygen atoms in total. The lowest BCUT2D eigenvalue weighted by molar-refractivity contribution is 0.304. The van der Waals surface area contributed by atoms with Gasteiger partial charge in [-0.1, -0.05) is 32.0 Å². The standard InChI is InChI=1S/C13H23N3S2/c1-4-9-6-7-10(14-3)11(8-9)17-13-15-12(5-2)16-18-13/h9-11,14H,4-8H2,1-3H3. The van der Waals surface area contributed by atoms with Crippen molar-refractivity contribution in [3.63, 3.8) is 0 Å². The summed E-state index contributed by atoms with van der Waals surface area (Å²) in [7, 11) is 2.09. The van der Waals surface area contributed by atoms with Gasteiger partial charge in [0.05, 0.1) is 0 Å². The molecule has 1 aliphatic rings. The summed E-state index contributed by atoms with van der Waals surface area (Å²) in [5.74, 6) is 1.89. The first-order valence-corrected chi connectivity index (χ1v) is 8.58. The van der Waals surface area contributed by atoms with E-state index < -0.39 is 0 Å². The van der Waals surface area contributed by atoms with E-state index in [1.807, 2.05) is 11.8 Å². The zero-order valence-corrected chi connectivity index (χ0v) is 13.1. The normalized spacial score (nSPS) is 28.5. The largest absolute Gasteiger partial charge is 0.316 e. The van der Waals surface area contributed by atoms with Crippen LogP contribution in [0.5, 0.6) is 0 Å². The van der Waals surface area contributed by atoms with Gasteiger partial charge >= 0.3 is 0 Å². The number of aromatic nitrogens is 2. The third kappa shape index (κ3) is 3.45. The van der Waals surface area contributed by atoms with Gasteiger partial charge in [-0.3, -0.25) is 0 Å². The lowest BCUT2D eigenvalue weighted by Crippen LogP contribution is -2.40. The lowest BCUT2D eigenvalue weighted by Gasteiger charge is -2.34. The molecule has 1 saturated carbocycles. The number of hydrogen-bond acceptors (Lipinski definition) is 5. The molecule has 2 rings (SSSR count). The van der Waals surface area contributed by atoms with Crippen molar-refractivity contribution in [3.05, 3.63) is 5.82 Å². The van der Waals surface area contributed by atoms with E-state index in [0.717, 1.165) is 22.5 Å². The Morgan fingerprint density at radius 1 is 1.39 bits per heavy atom. The summed E-state index contributed by atoms with van der Waals surface area (Å²) >= 11 is 3.50. The molecule has 3 unspecified atom stereocenters. The molecule has 0 amide bonds. The van der Waals surface area contributed by atoms with Crippen LogP contribution < -0.4 is 5.32 Å². The molecule has 1 aromatic rings. The fourth-order valence-corrected chi connectivity index (χ4v) is 4.98. The molecule has 1 aliphatic carbocycles. The maximum Gasteiger partial charge on any atom is 0.170 e. The molecule has 0 aromatic carbocycles. The van der Waals surface area contributed by atoms with E-state index in [1.165, 1.54) is 25.7 Å². The first kappa shape index (κ1) is 14.3. The molecule has 1 aromatic heterocycles. The number of hydrogen-bond donors (Lipinski definition) is 1. The third-order valence-corrected chi connectivity index (χ3v) is 6.04. The smallest absolute Gasteiger partial charge is 0.170 e. The Morgan fingerprint density at radius 2 is 2.22 bits per heavy atom. The van der Waals surface area contributed by atoms with E-state index >= 15 is 0 Å². The van der Waals surface area contributed by atoms with Crippen LogP contribution >= 0.6 is 23.3 Å². The number of nitrogens with zero attached hydrogens (tertiary/aromatic N) is 2. The van der Waals surface area contributed by atoms with Crippen molar-refractivity contribution in [1.82, 2.24) is 14.7 Å². The molecule has 5 heteroatoms. The van der Waals surface area contributed by atoms with Crippen molar-refractivity contribution >= 4 is 23.3 Å². The number of aryl methyl sites for hydroxylation is 1. The van der Waals surface area contributed by atoms with E-state index in [-0.39, 0.29) is 0 Å². The minimum Gasteiger partial charge on any atom is -0.316 e. The van der Waals surface area contributed by atoms with Crippen LogP contribution in [-0.2, 0) is 6.42 Å². The highest BCUT2D eigenvalue weighted by molar-refractivity contribution is 8.01. The van der Waals surface area contributed by atoms with Crippen molar-refractivity contribution < 1.29 is 0 Å². The van der Waals surface area contributed by atoms with Gasteiger partial charge in [-0.05, 0) is 43.8 Å². The summed E-state index contributed by atoms with van der Waals surface area (Å²) < 4.78 is 5.53. The van der Waals surface area contributed by atoms with Crippen molar-refractivity contribution in [2.75, 3.05) is 7.05 Å². The quantitative estimate of drug-likeness (QED) is 0.900. The molecule has 0 radical (unpaired) electrons. The maximum atomic E-state index is 4.59. The van der Waals surface area contributed by atoms with Crippen LogP contribution in [0.2, 0.25) is 0 Å². The summed E-state index contributed by atoms with van der Waals surface area (Å²) in [5.41, 5.74) is 0. The second-order valence-corrected chi connectivity index (χ2v) is 7.21. The Labute approximate surface area is 118 Å². The summed E-state index contributed by atoms with van der Waals surface area (Å²) in [6, 6.07) is 0.631. The van der Waals surface area contributed by atoms with Gasteiger partial charge in [0.15, 0.2) is 4.34 Å². The zero-order valence-electron chi connectivity index (χ0n) is 11.5. The van der Waals surface area contributed by atoms with Crippen LogP contribution in [0.3, 0.4) is 0 Å². The molecule has 18 heavy (non-hydrogen) atoms. The second-order valence-electron chi connectivity index (χ2n) is 4.97. The fraction of sp³-hybridized carbons (Fsp3) is 0.846. The van der Waals surface area contributed by atoms with E-state index in [4.69, 9.17) is 0 Å². The van der Waals surface area contributed by atoms with Crippen LogP contribution in [0.15, 0.2) is 4.34 Å². The van der Waals surface area contributed by atoms with Gasteiger partial charge in [-0.15, -0.1) is 0 Å². The average Bonchev–Trinajstić information content (AvgIpc) is 2.86. The van der Waals surface area contributed by atoms with E-state index in [9.17, 15) is 0 Å². The van der Waals surface area contributed by atoms with E-state index in [2.05, 4.69) is 35.6 Å².